The molecule has 1 unspecified atom stereocenters. The van der Waals surface area contributed by atoms with Crippen LogP contribution >= 0.6 is 7.60 Å². The van der Waals surface area contributed by atoms with Gasteiger partial charge in [-0.05, 0) is 64.4 Å². The van der Waals surface area contributed by atoms with Crippen LogP contribution in [0.15, 0.2) is 59.6 Å². The van der Waals surface area contributed by atoms with Gasteiger partial charge in [-0.25, -0.2) is 0 Å². The van der Waals surface area contributed by atoms with Gasteiger partial charge in [0.25, 0.3) is 5.91 Å². The lowest BCUT2D eigenvalue weighted by molar-refractivity contribution is -0.126. The minimum absolute atomic E-state index is 0.00791. The summed E-state index contributed by atoms with van der Waals surface area (Å²) in [6, 6.07) is 9.44. The van der Waals surface area contributed by atoms with E-state index >= 15 is 0 Å². The number of Topliss-reactive ketones (excluding diaryl/α,β-unsaturated/α-hetero) is 1. The minimum atomic E-state index is -3.93. The second-order valence-electron chi connectivity index (χ2n) is 11.9. The molecule has 0 aromatic heterocycles. The van der Waals surface area contributed by atoms with E-state index in [0.29, 0.717) is 35.7 Å². The van der Waals surface area contributed by atoms with Crippen LogP contribution in [0.1, 0.15) is 60.4 Å². The predicted molar refractivity (Wildman–Crippen MR) is 186 cm³/mol. The van der Waals surface area contributed by atoms with Crippen LogP contribution in [0.2, 0.25) is 0 Å². The van der Waals surface area contributed by atoms with Crippen molar-refractivity contribution in [3.63, 3.8) is 0 Å². The molecule has 0 radical (unpaired) electrons. The number of aromatic hydroxyl groups is 1. The van der Waals surface area contributed by atoms with Gasteiger partial charge < -0.3 is 45.4 Å². The maximum atomic E-state index is 14.2. The third-order valence-corrected chi connectivity index (χ3v) is 10.4. The molecular formula is C34H47N4O10P. The topological polar surface area (TPSA) is 212 Å². The Hall–Kier alpha value is -4.20. The molecule has 0 spiro atoms. The van der Waals surface area contributed by atoms with Crippen molar-refractivity contribution in [2.75, 3.05) is 51.6 Å². The summed E-state index contributed by atoms with van der Waals surface area (Å²) in [6.07, 6.45) is -0.528. The van der Waals surface area contributed by atoms with Gasteiger partial charge in [0.15, 0.2) is 17.7 Å². The molecule has 14 nitrogen and oxygen atoms in total. The first-order valence-corrected chi connectivity index (χ1v) is 17.5. The number of phenolic OH excluding ortho intramolecular Hbond substituents is 1. The van der Waals surface area contributed by atoms with E-state index in [-0.39, 0.29) is 37.3 Å². The lowest BCUT2D eigenvalue weighted by atomic mass is 9.91. The van der Waals surface area contributed by atoms with Crippen LogP contribution in [0.3, 0.4) is 0 Å². The van der Waals surface area contributed by atoms with Crippen LogP contribution in [-0.4, -0.2) is 96.3 Å². The number of ketones is 2. The monoisotopic (exact) mass is 702 g/mol. The number of likely N-dealkylation sites (N-methyl/N-ethyl adjacent to an activating group) is 1. The molecule has 15 heteroatoms. The molecule has 1 aliphatic rings. The fourth-order valence-electron chi connectivity index (χ4n) is 5.78. The maximum absolute atomic E-state index is 14.2. The summed E-state index contributed by atoms with van der Waals surface area (Å²) in [5, 5.41) is 47.4. The number of hydrogen-bond donors (Lipinski definition) is 6. The highest BCUT2D eigenvalue weighted by Crippen LogP contribution is 2.61. The van der Waals surface area contributed by atoms with E-state index in [0.717, 1.165) is 0 Å². The summed E-state index contributed by atoms with van der Waals surface area (Å²) in [5.41, 5.74) is 5.67. The quantitative estimate of drug-likeness (QED) is 0.109. The molecule has 0 saturated heterocycles. The molecule has 0 heterocycles. The smallest absolute Gasteiger partial charge is 0.357 e. The second-order valence-corrected chi connectivity index (χ2v) is 14.0. The Morgan fingerprint density at radius 1 is 1.04 bits per heavy atom. The fourth-order valence-corrected chi connectivity index (χ4v) is 7.70. The van der Waals surface area contributed by atoms with Gasteiger partial charge in [-0.2, -0.15) is 0 Å². The number of carbonyl (C=O) groups is 3. The number of carbonyl (C=O) groups excluding carboxylic acids is 3. The third-order valence-electron chi connectivity index (χ3n) is 8.10. The van der Waals surface area contributed by atoms with Gasteiger partial charge in [0.2, 0.25) is 5.78 Å². The minimum Gasteiger partial charge on any atom is -0.510 e. The van der Waals surface area contributed by atoms with E-state index < -0.39 is 65.8 Å². The van der Waals surface area contributed by atoms with Gasteiger partial charge in [0, 0.05) is 25.9 Å². The summed E-state index contributed by atoms with van der Waals surface area (Å²) < 4.78 is 25.5. The number of anilines is 2. The number of phenols is 1. The number of aliphatic hydroxyl groups is 3. The van der Waals surface area contributed by atoms with Gasteiger partial charge >= 0.3 is 7.60 Å². The number of primary amides is 1. The van der Waals surface area contributed by atoms with Gasteiger partial charge in [-0.1, -0.05) is 36.8 Å². The first-order valence-electron chi connectivity index (χ1n) is 15.9. The van der Waals surface area contributed by atoms with E-state index in [4.69, 9.17) is 14.8 Å². The average Bonchev–Trinajstić information content (AvgIpc) is 3.03. The molecule has 268 valence electrons. The molecule has 1 aliphatic carbocycles. The van der Waals surface area contributed by atoms with Crippen molar-refractivity contribution in [1.82, 2.24) is 4.90 Å². The number of hydrogen-bond acceptors (Lipinski definition) is 13. The first kappa shape index (κ1) is 39.2. The zero-order valence-electron chi connectivity index (χ0n) is 28.7. The Morgan fingerprint density at radius 3 is 2.18 bits per heavy atom. The van der Waals surface area contributed by atoms with Gasteiger partial charge in [-0.3, -0.25) is 23.8 Å². The lowest BCUT2D eigenvalue weighted by Gasteiger charge is -2.30. The molecule has 3 rings (SSSR count). The number of benzene rings is 2. The summed E-state index contributed by atoms with van der Waals surface area (Å²) in [5.74, 6) is -7.19. The summed E-state index contributed by atoms with van der Waals surface area (Å²) >= 11 is 0. The zero-order chi connectivity index (χ0) is 36.6. The molecular weight excluding hydrogens is 655 g/mol. The number of amides is 1. The van der Waals surface area contributed by atoms with E-state index in [1.165, 1.54) is 0 Å². The van der Waals surface area contributed by atoms with Crippen molar-refractivity contribution in [3.05, 3.63) is 76.3 Å². The summed E-state index contributed by atoms with van der Waals surface area (Å²) in [7, 11) is 2.79. The summed E-state index contributed by atoms with van der Waals surface area (Å²) in [4.78, 5) is 42.7. The van der Waals surface area contributed by atoms with Crippen molar-refractivity contribution in [1.29, 1.82) is 0 Å². The Balaban J connectivity index is 2.30. The normalized spacial score (nSPS) is 21.3. The standard InChI is InChI=1S/C34H47N4O10P/c1-7-47-49(46,48-8-2)34(20-14-10-9-11-15-20)36-22-18-24(38(5)6)21-16-12-13-17-23(37(3)4)30(42)28(33(35)45)32(44)31(43)26(40)19-25(39)27(21)29(22)41/h9-11,14-15,18-19,23,31,34,36,40-43H,7-8,12-13,16-17H2,1-6H3,(H2,35,45)/b26-19-,30-28-/t23-,31-,34?/m0/s1. The van der Waals surface area contributed by atoms with E-state index in [1.54, 1.807) is 88.2 Å². The predicted octanol–water partition coefficient (Wildman–Crippen LogP) is 4.34. The molecule has 0 aliphatic heterocycles. The molecule has 49 heavy (non-hydrogen) atoms. The Bertz CT molecular complexity index is 1630. The van der Waals surface area contributed by atoms with Crippen molar-refractivity contribution in [3.8, 4) is 5.75 Å². The molecule has 1 amide bonds. The number of nitrogens with two attached hydrogens (primary N) is 1. The molecule has 2 aromatic rings. The Kier molecular flexibility index (Phi) is 13.6. The number of allylic oxidation sites excluding steroid dienone is 1. The first-order chi connectivity index (χ1) is 23.1. The molecule has 2 aromatic carbocycles. The van der Waals surface area contributed by atoms with Crippen LogP contribution in [0.5, 0.6) is 5.75 Å². The van der Waals surface area contributed by atoms with Gasteiger partial charge in [0.1, 0.15) is 22.8 Å². The number of fused-ring (bicyclic) bond motifs is 1. The highest BCUT2D eigenvalue weighted by atomic mass is 31.2. The molecule has 0 fully saturated rings. The third kappa shape index (κ3) is 8.89. The Labute approximate surface area is 286 Å². The van der Waals surface area contributed by atoms with E-state index in [2.05, 4.69) is 5.32 Å². The van der Waals surface area contributed by atoms with Gasteiger partial charge in [0.05, 0.1) is 30.5 Å². The van der Waals surface area contributed by atoms with Crippen LogP contribution < -0.4 is 16.0 Å². The largest absolute Gasteiger partial charge is 0.510 e. The number of nitrogens with zero attached hydrogens (tertiary/aromatic N) is 2. The molecule has 0 saturated carbocycles. The average molecular weight is 703 g/mol. The van der Waals surface area contributed by atoms with Crippen molar-refractivity contribution in [2.45, 2.75) is 57.5 Å². The van der Waals surface area contributed by atoms with E-state index in [1.807, 2.05) is 0 Å². The second kappa shape index (κ2) is 17.0. The number of rotatable bonds is 11. The van der Waals surface area contributed by atoms with Crippen LogP contribution in [0.25, 0.3) is 0 Å². The number of nitrogens with one attached hydrogen (secondary N) is 1. The van der Waals surface area contributed by atoms with Crippen LogP contribution in [0, 0.1) is 0 Å². The van der Waals surface area contributed by atoms with Crippen LogP contribution in [-0.2, 0) is 29.6 Å². The maximum Gasteiger partial charge on any atom is 0.357 e. The number of aliphatic hydroxyl groups excluding tert-OH is 3. The van der Waals surface area contributed by atoms with Crippen LogP contribution in [0.4, 0.5) is 11.4 Å². The van der Waals surface area contributed by atoms with E-state index in [9.17, 15) is 39.4 Å². The SMILES string of the molecule is CCOP(=O)(OCC)C(Nc1cc(N(C)C)c2c(c1O)C(=O)/C=C(\O)[C@H](O)C(=O)/C(C(N)=O)=C(/O)[C@@H](N(C)C)CCCC2)c1ccccc1. The van der Waals surface area contributed by atoms with Crippen molar-refractivity contribution < 1.29 is 48.4 Å². The zero-order valence-corrected chi connectivity index (χ0v) is 29.6. The molecule has 7 N–H and O–H groups in total. The molecule has 0 bridgehead atoms. The highest BCUT2D eigenvalue weighted by Gasteiger charge is 2.39. The summed E-state index contributed by atoms with van der Waals surface area (Å²) in [6.45, 7) is 3.46. The van der Waals surface area contributed by atoms with Crippen molar-refractivity contribution >= 4 is 36.4 Å². The fraction of sp³-hybridized carbons (Fsp3) is 0.441. The Morgan fingerprint density at radius 2 is 1.65 bits per heavy atom. The lowest BCUT2D eigenvalue weighted by Crippen LogP contribution is -2.37. The molecule has 3 atom stereocenters. The van der Waals surface area contributed by atoms with Crippen molar-refractivity contribution in [2.24, 2.45) is 5.73 Å². The highest BCUT2D eigenvalue weighted by molar-refractivity contribution is 7.54. The van der Waals surface area contributed by atoms with Gasteiger partial charge in [-0.15, -0.1) is 0 Å².